The zero-order valence-electron chi connectivity index (χ0n) is 12.5. The number of amides is 2. The van der Waals surface area contributed by atoms with E-state index in [4.69, 9.17) is 4.74 Å². The maximum atomic E-state index is 11.7. The molecule has 0 spiro atoms. The van der Waals surface area contributed by atoms with Crippen LogP contribution < -0.4 is 15.6 Å². The number of benzene rings is 2. The third-order valence-electron chi connectivity index (χ3n) is 2.80. The van der Waals surface area contributed by atoms with Crippen LogP contribution in [0.4, 0.5) is 0 Å². The van der Waals surface area contributed by atoms with E-state index in [-0.39, 0.29) is 6.61 Å². The summed E-state index contributed by atoms with van der Waals surface area (Å²) in [5, 5.41) is 0. The summed E-state index contributed by atoms with van der Waals surface area (Å²) in [4.78, 5) is 23.3. The molecule has 2 N–H and O–H groups in total. The van der Waals surface area contributed by atoms with Crippen molar-refractivity contribution in [3.05, 3.63) is 69.1 Å². The minimum Gasteiger partial charge on any atom is -0.483 e. The molecule has 2 rings (SSSR count). The van der Waals surface area contributed by atoms with Crippen molar-refractivity contribution in [3.8, 4) is 5.75 Å². The first-order valence-electron chi connectivity index (χ1n) is 6.94. The lowest BCUT2D eigenvalue weighted by Gasteiger charge is -2.09. The van der Waals surface area contributed by atoms with Gasteiger partial charge in [-0.1, -0.05) is 46.3 Å². The molecule has 0 radical (unpaired) electrons. The first-order valence-corrected chi connectivity index (χ1v) is 8.53. The summed E-state index contributed by atoms with van der Waals surface area (Å²) in [5.74, 6) is -0.369. The number of carbonyl (C=O) groups excluding carboxylic acids is 2. The predicted molar refractivity (Wildman–Crippen MR) is 99.1 cm³/mol. The van der Waals surface area contributed by atoms with Crippen molar-refractivity contribution in [3.63, 3.8) is 0 Å². The van der Waals surface area contributed by atoms with Crippen LogP contribution in [-0.4, -0.2) is 18.4 Å². The van der Waals surface area contributed by atoms with Gasteiger partial charge in [-0.2, -0.15) is 0 Å². The number of hydrogen-bond acceptors (Lipinski definition) is 3. The van der Waals surface area contributed by atoms with Gasteiger partial charge in [0.25, 0.3) is 11.8 Å². The highest BCUT2D eigenvalue weighted by molar-refractivity contribution is 9.11. The molecule has 0 aliphatic rings. The molecular formula is C17H14Br2N2O3. The summed E-state index contributed by atoms with van der Waals surface area (Å²) in [7, 11) is 0. The molecule has 24 heavy (non-hydrogen) atoms. The molecule has 0 atom stereocenters. The zero-order valence-corrected chi connectivity index (χ0v) is 15.6. The van der Waals surface area contributed by atoms with E-state index >= 15 is 0 Å². The molecule has 0 aliphatic carbocycles. The average Bonchev–Trinajstić information content (AvgIpc) is 2.58. The monoisotopic (exact) mass is 452 g/mol. The zero-order chi connectivity index (χ0) is 17.4. The molecule has 0 heterocycles. The molecule has 7 heteroatoms. The second-order valence-electron chi connectivity index (χ2n) is 4.64. The topological polar surface area (TPSA) is 67.4 Å². The molecule has 0 aromatic heterocycles. The van der Waals surface area contributed by atoms with Gasteiger partial charge in [-0.15, -0.1) is 0 Å². The van der Waals surface area contributed by atoms with E-state index in [1.807, 2.05) is 36.4 Å². The maximum Gasteiger partial charge on any atom is 0.276 e. The minimum atomic E-state index is -0.466. The van der Waals surface area contributed by atoms with E-state index in [1.54, 1.807) is 18.2 Å². The van der Waals surface area contributed by atoms with Gasteiger partial charge in [0, 0.05) is 10.5 Å². The molecular weight excluding hydrogens is 440 g/mol. The summed E-state index contributed by atoms with van der Waals surface area (Å²) in [6.07, 6.45) is 2.98. The average molecular weight is 454 g/mol. The second-order valence-corrected chi connectivity index (χ2v) is 6.41. The van der Waals surface area contributed by atoms with Crippen LogP contribution in [0.3, 0.4) is 0 Å². The highest BCUT2D eigenvalue weighted by Crippen LogP contribution is 2.27. The van der Waals surface area contributed by atoms with Crippen LogP contribution in [0.5, 0.6) is 5.75 Å². The fraction of sp³-hybridized carbons (Fsp3) is 0.0588. The molecule has 5 nitrogen and oxygen atoms in total. The van der Waals surface area contributed by atoms with Crippen molar-refractivity contribution in [1.82, 2.24) is 10.9 Å². The van der Waals surface area contributed by atoms with Crippen LogP contribution in [0.2, 0.25) is 0 Å². The summed E-state index contributed by atoms with van der Waals surface area (Å²) in [6.45, 7) is -0.219. The van der Waals surface area contributed by atoms with E-state index in [9.17, 15) is 9.59 Å². The Morgan fingerprint density at radius 3 is 2.50 bits per heavy atom. The summed E-state index contributed by atoms with van der Waals surface area (Å²) in [6, 6.07) is 14.7. The number of carbonyl (C=O) groups is 2. The lowest BCUT2D eigenvalue weighted by molar-refractivity contribution is -0.128. The van der Waals surface area contributed by atoms with Gasteiger partial charge >= 0.3 is 0 Å². The number of hydrazine groups is 1. The Bertz CT molecular complexity index is 749. The Morgan fingerprint density at radius 1 is 1.04 bits per heavy atom. The first kappa shape index (κ1) is 18.2. The molecule has 124 valence electrons. The van der Waals surface area contributed by atoms with Crippen molar-refractivity contribution in [2.75, 3.05) is 6.61 Å². The molecule has 2 aromatic rings. The first-order chi connectivity index (χ1) is 11.5. The Hall–Kier alpha value is -2.12. The highest BCUT2D eigenvalue weighted by atomic mass is 79.9. The van der Waals surface area contributed by atoms with E-state index in [0.717, 1.165) is 14.5 Å². The Morgan fingerprint density at radius 2 is 1.79 bits per heavy atom. The molecule has 0 unspecified atom stereocenters. The fourth-order valence-electron chi connectivity index (χ4n) is 1.68. The number of halogens is 2. The van der Waals surface area contributed by atoms with Crippen molar-refractivity contribution < 1.29 is 14.3 Å². The highest BCUT2D eigenvalue weighted by Gasteiger charge is 2.06. The molecule has 0 bridgehead atoms. The molecule has 0 saturated heterocycles. The van der Waals surface area contributed by atoms with E-state index in [2.05, 4.69) is 42.7 Å². The third-order valence-corrected chi connectivity index (χ3v) is 3.92. The number of hydrogen-bond donors (Lipinski definition) is 2. The molecule has 0 saturated carbocycles. The smallest absolute Gasteiger partial charge is 0.276 e. The molecule has 0 fully saturated rings. The van der Waals surface area contributed by atoms with Crippen LogP contribution in [0.25, 0.3) is 6.08 Å². The van der Waals surface area contributed by atoms with E-state index in [0.29, 0.717) is 5.75 Å². The van der Waals surface area contributed by atoms with Gasteiger partial charge in [0.1, 0.15) is 5.75 Å². The van der Waals surface area contributed by atoms with Gasteiger partial charge in [-0.05, 0) is 45.8 Å². The fourth-order valence-corrected chi connectivity index (χ4v) is 2.84. The standard InChI is InChI=1S/C17H14Br2N2O3/c18-13-7-8-15(14(19)10-13)24-11-17(23)21-20-16(22)9-6-12-4-2-1-3-5-12/h1-10H,11H2,(H,20,22)(H,21,23)/b9-6+. The third kappa shape index (κ3) is 6.17. The van der Waals surface area contributed by atoms with E-state index in [1.165, 1.54) is 6.08 Å². The van der Waals surface area contributed by atoms with Gasteiger partial charge in [-0.25, -0.2) is 0 Å². The molecule has 2 amide bonds. The number of rotatable bonds is 5. The van der Waals surface area contributed by atoms with Gasteiger partial charge in [-0.3, -0.25) is 20.4 Å². The maximum absolute atomic E-state index is 11.7. The summed E-state index contributed by atoms with van der Waals surface area (Å²) >= 11 is 6.67. The largest absolute Gasteiger partial charge is 0.483 e. The Kier molecular flexibility index (Phi) is 7.02. The van der Waals surface area contributed by atoms with Gasteiger partial charge in [0.2, 0.25) is 0 Å². The Labute approximate surface area is 156 Å². The van der Waals surface area contributed by atoms with Gasteiger partial charge in [0.15, 0.2) is 6.61 Å². The van der Waals surface area contributed by atoms with Gasteiger partial charge in [0.05, 0.1) is 4.47 Å². The minimum absolute atomic E-state index is 0.219. The van der Waals surface area contributed by atoms with Crippen LogP contribution in [-0.2, 0) is 9.59 Å². The van der Waals surface area contributed by atoms with Crippen LogP contribution >= 0.6 is 31.9 Å². The van der Waals surface area contributed by atoms with E-state index < -0.39 is 11.8 Å². The van der Waals surface area contributed by atoms with Crippen LogP contribution in [0, 0.1) is 0 Å². The van der Waals surface area contributed by atoms with Crippen molar-refractivity contribution in [1.29, 1.82) is 0 Å². The van der Waals surface area contributed by atoms with Gasteiger partial charge < -0.3 is 4.74 Å². The summed E-state index contributed by atoms with van der Waals surface area (Å²) < 4.78 is 6.98. The normalized spacial score (nSPS) is 10.4. The molecule has 0 aliphatic heterocycles. The van der Waals surface area contributed by atoms with Crippen molar-refractivity contribution in [2.45, 2.75) is 0 Å². The second kappa shape index (κ2) is 9.24. The molecule has 2 aromatic carbocycles. The SMILES string of the molecule is O=C(/C=C/c1ccccc1)NNC(=O)COc1ccc(Br)cc1Br. The van der Waals surface area contributed by atoms with Crippen LogP contribution in [0.15, 0.2) is 63.6 Å². The number of ether oxygens (including phenoxy) is 1. The lowest BCUT2D eigenvalue weighted by Crippen LogP contribution is -2.43. The Balaban J connectivity index is 1.74. The lowest BCUT2D eigenvalue weighted by atomic mass is 10.2. The summed E-state index contributed by atoms with van der Waals surface area (Å²) in [5.41, 5.74) is 5.46. The predicted octanol–water partition coefficient (Wildman–Crippen LogP) is 3.45. The quantitative estimate of drug-likeness (QED) is 0.538. The number of nitrogens with one attached hydrogen (secondary N) is 2. The van der Waals surface area contributed by atoms with Crippen molar-refractivity contribution in [2.24, 2.45) is 0 Å². The van der Waals surface area contributed by atoms with Crippen molar-refractivity contribution >= 4 is 49.8 Å². The van der Waals surface area contributed by atoms with Crippen LogP contribution in [0.1, 0.15) is 5.56 Å².